The van der Waals surface area contributed by atoms with Crippen molar-refractivity contribution in [3.8, 4) is 0 Å². The Morgan fingerprint density at radius 1 is 1.33 bits per heavy atom. The Kier molecular flexibility index (Phi) is 3.59. The molecule has 0 fully saturated rings. The van der Waals surface area contributed by atoms with Gasteiger partial charge in [-0.1, -0.05) is 31.2 Å². The van der Waals surface area contributed by atoms with Gasteiger partial charge in [-0.3, -0.25) is 0 Å². The lowest BCUT2D eigenvalue weighted by molar-refractivity contribution is 0.402. The number of hydrogen-bond donors (Lipinski definition) is 0. The van der Waals surface area contributed by atoms with Crippen LogP contribution < -0.4 is 0 Å². The molecule has 0 aromatic heterocycles. The van der Waals surface area contributed by atoms with Gasteiger partial charge < -0.3 is 0 Å². The monoisotopic (exact) mass is 265 g/mol. The van der Waals surface area contributed by atoms with Crippen LogP contribution in [0.15, 0.2) is 35.2 Å². The molecule has 2 rings (SSSR count). The van der Waals surface area contributed by atoms with E-state index in [1.807, 2.05) is 45.1 Å². The molecule has 1 atom stereocenters. The third-order valence-electron chi connectivity index (χ3n) is 3.36. The molecule has 0 bridgehead atoms. The summed E-state index contributed by atoms with van der Waals surface area (Å²) in [6.45, 7) is 6.24. The fourth-order valence-electron chi connectivity index (χ4n) is 2.28. The lowest BCUT2D eigenvalue weighted by Gasteiger charge is -2.24. The maximum Gasteiger partial charge on any atom is 0.244 e. The van der Waals surface area contributed by atoms with Gasteiger partial charge in [0.15, 0.2) is 0 Å². The number of benzene rings is 1. The zero-order valence-corrected chi connectivity index (χ0v) is 11.9. The van der Waals surface area contributed by atoms with Gasteiger partial charge in [-0.25, -0.2) is 8.42 Å². The smallest absolute Gasteiger partial charge is 0.207 e. The molecule has 1 aromatic carbocycles. The minimum Gasteiger partial charge on any atom is -0.207 e. The van der Waals surface area contributed by atoms with Crippen molar-refractivity contribution in [2.75, 3.05) is 6.54 Å². The van der Waals surface area contributed by atoms with Crippen molar-refractivity contribution in [1.82, 2.24) is 4.31 Å². The van der Waals surface area contributed by atoms with Crippen LogP contribution in [0.2, 0.25) is 0 Å². The molecule has 98 valence electrons. The van der Waals surface area contributed by atoms with Gasteiger partial charge in [0, 0.05) is 12.6 Å². The maximum atomic E-state index is 12.7. The second kappa shape index (κ2) is 4.86. The van der Waals surface area contributed by atoms with E-state index in [1.165, 1.54) is 0 Å². The summed E-state index contributed by atoms with van der Waals surface area (Å²) >= 11 is 0. The Bertz CT molecular complexity index is 575. The molecule has 0 aliphatic carbocycles. The Balaban J connectivity index is 2.45. The summed E-state index contributed by atoms with van der Waals surface area (Å²) in [6, 6.07) is 5.56. The van der Waals surface area contributed by atoms with Crippen LogP contribution in [0.4, 0.5) is 0 Å². The van der Waals surface area contributed by atoms with E-state index in [0.29, 0.717) is 11.4 Å². The van der Waals surface area contributed by atoms with Gasteiger partial charge in [0.2, 0.25) is 10.0 Å². The standard InChI is InChI=1S/C14H19NO2S/c1-4-13-6-5-9-15(13)18(16,17)14-10-11(2)7-8-12(14)3/h5-8,10,13H,4,9H2,1-3H3. The summed E-state index contributed by atoms with van der Waals surface area (Å²) in [6.07, 6.45) is 4.71. The first kappa shape index (κ1) is 13.3. The van der Waals surface area contributed by atoms with Crippen molar-refractivity contribution in [3.63, 3.8) is 0 Å². The highest BCUT2D eigenvalue weighted by molar-refractivity contribution is 7.89. The predicted molar refractivity (Wildman–Crippen MR) is 73.0 cm³/mol. The summed E-state index contributed by atoms with van der Waals surface area (Å²) in [5.41, 5.74) is 1.78. The van der Waals surface area contributed by atoms with Crippen molar-refractivity contribution >= 4 is 10.0 Å². The van der Waals surface area contributed by atoms with Crippen molar-refractivity contribution in [3.05, 3.63) is 41.5 Å². The Morgan fingerprint density at radius 2 is 2.06 bits per heavy atom. The van der Waals surface area contributed by atoms with E-state index < -0.39 is 10.0 Å². The summed E-state index contributed by atoms with van der Waals surface area (Å²) in [4.78, 5) is 0.435. The SMILES string of the molecule is CCC1C=CCN1S(=O)(=O)c1cc(C)ccc1C. The van der Waals surface area contributed by atoms with E-state index >= 15 is 0 Å². The van der Waals surface area contributed by atoms with Crippen LogP contribution in [0.5, 0.6) is 0 Å². The second-order valence-corrected chi connectivity index (χ2v) is 6.61. The summed E-state index contributed by atoms with van der Waals surface area (Å²) in [7, 11) is -3.38. The topological polar surface area (TPSA) is 37.4 Å². The third-order valence-corrected chi connectivity index (χ3v) is 5.40. The van der Waals surface area contributed by atoms with Crippen LogP contribution in [-0.2, 0) is 10.0 Å². The van der Waals surface area contributed by atoms with Gasteiger partial charge in [-0.15, -0.1) is 0 Å². The number of aryl methyl sites for hydroxylation is 2. The van der Waals surface area contributed by atoms with Gasteiger partial charge in [0.1, 0.15) is 0 Å². The van der Waals surface area contributed by atoms with Crippen LogP contribution in [0.25, 0.3) is 0 Å². The Hall–Kier alpha value is -1.13. The minimum absolute atomic E-state index is 0.00471. The number of sulfonamides is 1. The lowest BCUT2D eigenvalue weighted by Crippen LogP contribution is -2.36. The first-order chi connectivity index (χ1) is 8.46. The van der Waals surface area contributed by atoms with Crippen LogP contribution >= 0.6 is 0 Å². The fraction of sp³-hybridized carbons (Fsp3) is 0.429. The molecule has 1 aliphatic rings. The van der Waals surface area contributed by atoms with Crippen molar-refractivity contribution < 1.29 is 8.42 Å². The average molecular weight is 265 g/mol. The zero-order valence-electron chi connectivity index (χ0n) is 11.1. The van der Waals surface area contributed by atoms with Crippen LogP contribution in [0.1, 0.15) is 24.5 Å². The largest absolute Gasteiger partial charge is 0.244 e. The van der Waals surface area contributed by atoms with Gasteiger partial charge in [-0.2, -0.15) is 4.31 Å². The van der Waals surface area contributed by atoms with Crippen LogP contribution in [0, 0.1) is 13.8 Å². The molecule has 3 nitrogen and oxygen atoms in total. The van der Waals surface area contributed by atoms with E-state index in [1.54, 1.807) is 10.4 Å². The summed E-state index contributed by atoms with van der Waals surface area (Å²) in [5.74, 6) is 0. The predicted octanol–water partition coefficient (Wildman–Crippen LogP) is 2.64. The van der Waals surface area contributed by atoms with E-state index in [2.05, 4.69) is 0 Å². The highest BCUT2D eigenvalue weighted by Crippen LogP contribution is 2.26. The maximum absolute atomic E-state index is 12.7. The zero-order chi connectivity index (χ0) is 13.3. The molecule has 0 saturated heterocycles. The Labute approximate surface area is 109 Å². The van der Waals surface area contributed by atoms with Crippen molar-refractivity contribution in [2.24, 2.45) is 0 Å². The fourth-order valence-corrected chi connectivity index (χ4v) is 4.20. The number of nitrogens with zero attached hydrogens (tertiary/aromatic N) is 1. The summed E-state index contributed by atoms with van der Waals surface area (Å²) in [5, 5.41) is 0. The normalized spacial score (nSPS) is 20.5. The van der Waals surface area contributed by atoms with Gasteiger partial charge >= 0.3 is 0 Å². The molecule has 0 radical (unpaired) electrons. The van der Waals surface area contributed by atoms with Gasteiger partial charge in [-0.05, 0) is 37.5 Å². The quantitative estimate of drug-likeness (QED) is 0.788. The second-order valence-electron chi connectivity index (χ2n) is 4.75. The van der Waals surface area contributed by atoms with E-state index in [-0.39, 0.29) is 6.04 Å². The molecule has 0 amide bonds. The van der Waals surface area contributed by atoms with Gasteiger partial charge in [0.25, 0.3) is 0 Å². The molecule has 0 saturated carbocycles. The highest BCUT2D eigenvalue weighted by atomic mass is 32.2. The molecule has 1 heterocycles. The van der Waals surface area contributed by atoms with E-state index in [9.17, 15) is 8.42 Å². The molecular weight excluding hydrogens is 246 g/mol. The molecule has 18 heavy (non-hydrogen) atoms. The summed E-state index contributed by atoms with van der Waals surface area (Å²) < 4.78 is 26.9. The third kappa shape index (κ3) is 2.22. The molecule has 0 spiro atoms. The molecule has 0 N–H and O–H groups in total. The molecule has 1 aromatic rings. The van der Waals surface area contributed by atoms with Crippen LogP contribution in [-0.4, -0.2) is 25.3 Å². The van der Waals surface area contributed by atoms with Crippen molar-refractivity contribution in [2.45, 2.75) is 38.1 Å². The molecule has 4 heteroatoms. The van der Waals surface area contributed by atoms with Crippen molar-refractivity contribution in [1.29, 1.82) is 0 Å². The molecule has 1 aliphatic heterocycles. The number of hydrogen-bond acceptors (Lipinski definition) is 2. The number of rotatable bonds is 3. The van der Waals surface area contributed by atoms with E-state index in [4.69, 9.17) is 0 Å². The molecule has 1 unspecified atom stereocenters. The minimum atomic E-state index is -3.38. The average Bonchev–Trinajstić information content (AvgIpc) is 2.81. The first-order valence-electron chi connectivity index (χ1n) is 6.22. The molecular formula is C14H19NO2S. The highest BCUT2D eigenvalue weighted by Gasteiger charge is 2.32. The van der Waals surface area contributed by atoms with Gasteiger partial charge in [0.05, 0.1) is 4.90 Å². The van der Waals surface area contributed by atoms with Crippen LogP contribution in [0.3, 0.4) is 0 Å². The van der Waals surface area contributed by atoms with E-state index in [0.717, 1.165) is 17.5 Å². The first-order valence-corrected chi connectivity index (χ1v) is 7.66. The Morgan fingerprint density at radius 3 is 2.72 bits per heavy atom. The lowest BCUT2D eigenvalue weighted by atomic mass is 10.2.